The van der Waals surface area contributed by atoms with Gasteiger partial charge in [-0.3, -0.25) is 9.59 Å². The summed E-state index contributed by atoms with van der Waals surface area (Å²) in [4.78, 5) is 25.9. The summed E-state index contributed by atoms with van der Waals surface area (Å²) in [6, 6.07) is 2.87. The molecule has 0 saturated heterocycles. The van der Waals surface area contributed by atoms with E-state index in [2.05, 4.69) is 5.32 Å². The first-order valence-corrected chi connectivity index (χ1v) is 6.75. The van der Waals surface area contributed by atoms with Crippen LogP contribution in [0.2, 0.25) is 10.0 Å². The molecule has 0 bridgehead atoms. The van der Waals surface area contributed by atoms with Gasteiger partial charge in [-0.15, -0.1) is 0 Å². The lowest BCUT2D eigenvalue weighted by Crippen LogP contribution is -2.37. The second-order valence-corrected chi connectivity index (χ2v) is 5.43. The molecule has 20 heavy (non-hydrogen) atoms. The molecule has 3 rings (SSSR count). The number of imide groups is 1. The topological polar surface area (TPSA) is 49.4 Å². The Labute approximate surface area is 125 Å². The zero-order valence-electron chi connectivity index (χ0n) is 10.5. The van der Waals surface area contributed by atoms with Gasteiger partial charge in [0.1, 0.15) is 5.82 Å². The van der Waals surface area contributed by atoms with Crippen molar-refractivity contribution in [2.24, 2.45) is 0 Å². The maximum absolute atomic E-state index is 12.4. The fraction of sp³-hybridized carbons (Fsp3) is 0.143. The average Bonchev–Trinajstić information content (AvgIpc) is 2.63. The third kappa shape index (κ3) is 1.92. The Morgan fingerprint density at radius 2 is 1.65 bits per heavy atom. The van der Waals surface area contributed by atoms with E-state index in [1.165, 1.54) is 12.1 Å². The van der Waals surface area contributed by atoms with Crippen molar-refractivity contribution >= 4 is 35.0 Å². The molecule has 0 unspecified atom stereocenters. The molecule has 102 valence electrons. The normalized spacial score (nSPS) is 17.6. The first kappa shape index (κ1) is 13.2. The third-order valence-electron chi connectivity index (χ3n) is 3.24. The summed E-state index contributed by atoms with van der Waals surface area (Å²) in [5, 5.41) is 3.54. The van der Waals surface area contributed by atoms with Crippen LogP contribution in [-0.2, 0) is 0 Å². The van der Waals surface area contributed by atoms with E-state index in [0.717, 1.165) is 10.5 Å². The predicted molar refractivity (Wildman–Crippen MR) is 76.8 cm³/mol. The van der Waals surface area contributed by atoms with Crippen LogP contribution in [0.15, 0.2) is 35.7 Å². The molecule has 1 N–H and O–H groups in total. The van der Waals surface area contributed by atoms with Gasteiger partial charge < -0.3 is 5.32 Å². The lowest BCUT2D eigenvalue weighted by Gasteiger charge is -2.21. The highest BCUT2D eigenvalue weighted by molar-refractivity contribution is 6.43. The minimum atomic E-state index is -0.392. The Kier molecular flexibility index (Phi) is 3.07. The quantitative estimate of drug-likeness (QED) is 0.811. The number of benzene rings is 1. The van der Waals surface area contributed by atoms with Gasteiger partial charge in [0.15, 0.2) is 0 Å². The minimum absolute atomic E-state index is 0.259. The minimum Gasteiger partial charge on any atom is -0.368 e. The number of dihydropyridines is 1. The fourth-order valence-electron chi connectivity index (χ4n) is 2.24. The Morgan fingerprint density at radius 3 is 2.15 bits per heavy atom. The molecule has 0 radical (unpaired) electrons. The van der Waals surface area contributed by atoms with Gasteiger partial charge >= 0.3 is 0 Å². The van der Waals surface area contributed by atoms with E-state index in [9.17, 15) is 9.59 Å². The molecule has 2 heterocycles. The van der Waals surface area contributed by atoms with Crippen molar-refractivity contribution in [3.63, 3.8) is 0 Å². The number of nitrogens with one attached hydrogen (secondary N) is 1. The summed E-state index contributed by atoms with van der Waals surface area (Å²) in [7, 11) is 0. The van der Waals surface area contributed by atoms with Gasteiger partial charge in [0, 0.05) is 6.54 Å². The van der Waals surface area contributed by atoms with Gasteiger partial charge in [-0.2, -0.15) is 0 Å². The van der Waals surface area contributed by atoms with E-state index in [1.807, 2.05) is 13.0 Å². The molecule has 6 heteroatoms. The molecule has 1 aromatic rings. The van der Waals surface area contributed by atoms with Crippen LogP contribution in [0, 0.1) is 0 Å². The molecule has 4 nitrogen and oxygen atoms in total. The molecule has 0 fully saturated rings. The Bertz CT molecular complexity index is 666. The van der Waals surface area contributed by atoms with Gasteiger partial charge in [0.25, 0.3) is 11.8 Å². The predicted octanol–water partition coefficient (Wildman–Crippen LogP) is 2.98. The standard InChI is InChI=1S/C14H10Cl2N2O2/c1-7-2-3-17-12(4-7)18-13(19)8-5-10(15)11(16)6-9(8)14(18)20/h2,4-6,17H,3H2,1H3. The molecule has 2 aliphatic rings. The highest BCUT2D eigenvalue weighted by atomic mass is 35.5. The van der Waals surface area contributed by atoms with Crippen LogP contribution in [0.5, 0.6) is 0 Å². The number of hydrogen-bond acceptors (Lipinski definition) is 3. The molecule has 1 aromatic carbocycles. The van der Waals surface area contributed by atoms with Gasteiger partial charge in [-0.1, -0.05) is 29.3 Å². The van der Waals surface area contributed by atoms with Crippen molar-refractivity contribution in [2.45, 2.75) is 6.92 Å². The monoisotopic (exact) mass is 308 g/mol. The number of fused-ring (bicyclic) bond motifs is 1. The van der Waals surface area contributed by atoms with Crippen LogP contribution in [0.3, 0.4) is 0 Å². The van der Waals surface area contributed by atoms with Gasteiger partial charge in [0.05, 0.1) is 21.2 Å². The van der Waals surface area contributed by atoms with E-state index < -0.39 is 11.8 Å². The van der Waals surface area contributed by atoms with Crippen molar-refractivity contribution in [3.05, 3.63) is 56.9 Å². The zero-order chi connectivity index (χ0) is 14.4. The first-order chi connectivity index (χ1) is 9.49. The summed E-state index contributed by atoms with van der Waals surface area (Å²) in [6.07, 6.45) is 3.73. The lowest BCUT2D eigenvalue weighted by molar-refractivity contribution is 0.0694. The van der Waals surface area contributed by atoms with Crippen molar-refractivity contribution in [2.75, 3.05) is 6.54 Å². The summed E-state index contributed by atoms with van der Waals surface area (Å²) >= 11 is 11.8. The number of allylic oxidation sites excluding steroid dienone is 2. The van der Waals surface area contributed by atoms with Crippen molar-refractivity contribution in [1.82, 2.24) is 10.2 Å². The third-order valence-corrected chi connectivity index (χ3v) is 3.96. The molecular formula is C14H10Cl2N2O2. The average molecular weight is 309 g/mol. The molecule has 0 atom stereocenters. The summed E-state index contributed by atoms with van der Waals surface area (Å²) in [5.41, 5.74) is 1.55. The number of rotatable bonds is 1. The largest absolute Gasteiger partial charge is 0.368 e. The van der Waals surface area contributed by atoms with Crippen molar-refractivity contribution in [1.29, 1.82) is 0 Å². The van der Waals surface area contributed by atoms with E-state index in [-0.39, 0.29) is 21.2 Å². The van der Waals surface area contributed by atoms with Gasteiger partial charge in [-0.05, 0) is 30.7 Å². The smallest absolute Gasteiger partial charge is 0.267 e. The zero-order valence-corrected chi connectivity index (χ0v) is 12.0. The number of hydrogen-bond donors (Lipinski definition) is 1. The van der Waals surface area contributed by atoms with Crippen LogP contribution < -0.4 is 5.32 Å². The van der Waals surface area contributed by atoms with Gasteiger partial charge in [-0.25, -0.2) is 4.90 Å². The fourth-order valence-corrected chi connectivity index (χ4v) is 2.57. The van der Waals surface area contributed by atoms with Crippen LogP contribution in [-0.4, -0.2) is 23.3 Å². The molecule has 0 saturated carbocycles. The highest BCUT2D eigenvalue weighted by Gasteiger charge is 2.38. The van der Waals surface area contributed by atoms with E-state index >= 15 is 0 Å². The number of nitrogens with zero attached hydrogens (tertiary/aromatic N) is 1. The van der Waals surface area contributed by atoms with Crippen molar-refractivity contribution in [3.8, 4) is 0 Å². The van der Waals surface area contributed by atoms with Crippen molar-refractivity contribution < 1.29 is 9.59 Å². The van der Waals surface area contributed by atoms with E-state index in [4.69, 9.17) is 23.2 Å². The summed E-state index contributed by atoms with van der Waals surface area (Å²) in [6.45, 7) is 2.49. The van der Waals surface area contributed by atoms with Crippen LogP contribution >= 0.6 is 23.2 Å². The number of amides is 2. The van der Waals surface area contributed by atoms with Crippen LogP contribution in [0.25, 0.3) is 0 Å². The van der Waals surface area contributed by atoms with E-state index in [0.29, 0.717) is 12.4 Å². The number of carbonyl (C=O) groups excluding carboxylic acids is 2. The number of carbonyl (C=O) groups is 2. The molecule has 2 aliphatic heterocycles. The summed E-state index contributed by atoms with van der Waals surface area (Å²) in [5.74, 6) is -0.308. The first-order valence-electron chi connectivity index (χ1n) is 5.99. The molecule has 0 aromatic heterocycles. The molecular weight excluding hydrogens is 299 g/mol. The second kappa shape index (κ2) is 4.65. The van der Waals surface area contributed by atoms with E-state index in [1.54, 1.807) is 6.08 Å². The SMILES string of the molecule is CC1=CCNC(N2C(=O)c3cc(Cl)c(Cl)cc3C2=O)=C1. The maximum atomic E-state index is 12.4. The molecule has 0 spiro atoms. The maximum Gasteiger partial charge on any atom is 0.267 e. The van der Waals surface area contributed by atoms with Crippen LogP contribution in [0.1, 0.15) is 27.6 Å². The van der Waals surface area contributed by atoms with Gasteiger partial charge in [0.2, 0.25) is 0 Å². The molecule has 0 aliphatic carbocycles. The Morgan fingerprint density at radius 1 is 1.10 bits per heavy atom. The Balaban J connectivity index is 2.08. The lowest BCUT2D eigenvalue weighted by atomic mass is 10.1. The highest BCUT2D eigenvalue weighted by Crippen LogP contribution is 2.33. The second-order valence-electron chi connectivity index (χ2n) is 4.62. The summed E-state index contributed by atoms with van der Waals surface area (Å²) < 4.78 is 0. The van der Waals surface area contributed by atoms with Crippen LogP contribution in [0.4, 0.5) is 0 Å². The number of halogens is 2. The molecule has 2 amide bonds. The Hall–Kier alpha value is -1.78.